The van der Waals surface area contributed by atoms with Gasteiger partial charge in [-0.1, -0.05) is 18.2 Å². The molecule has 0 radical (unpaired) electrons. The SMILES string of the molecule is O=C[C@]1(c2ccncc2)Cc2ccccc2N1. The number of nitrogens with zero attached hydrogens (tertiary/aromatic N) is 1. The molecule has 0 bridgehead atoms. The molecule has 0 amide bonds. The number of rotatable bonds is 2. The average Bonchev–Trinajstić information content (AvgIpc) is 2.79. The van der Waals surface area contributed by atoms with Crippen LogP contribution >= 0.6 is 0 Å². The van der Waals surface area contributed by atoms with Crippen molar-refractivity contribution in [3.63, 3.8) is 0 Å². The van der Waals surface area contributed by atoms with E-state index < -0.39 is 5.54 Å². The zero-order valence-corrected chi connectivity index (χ0v) is 9.26. The molecule has 1 aromatic heterocycles. The maximum absolute atomic E-state index is 11.5. The van der Waals surface area contributed by atoms with Crippen molar-refractivity contribution in [2.75, 3.05) is 5.32 Å². The van der Waals surface area contributed by atoms with Crippen LogP contribution in [0.25, 0.3) is 0 Å². The van der Waals surface area contributed by atoms with Gasteiger partial charge in [0, 0.05) is 24.5 Å². The van der Waals surface area contributed by atoms with Crippen LogP contribution in [0, 0.1) is 0 Å². The number of hydrogen-bond donors (Lipinski definition) is 1. The predicted molar refractivity (Wildman–Crippen MR) is 65.7 cm³/mol. The van der Waals surface area contributed by atoms with Crippen molar-refractivity contribution in [2.24, 2.45) is 0 Å². The molecule has 0 spiro atoms. The largest absolute Gasteiger partial charge is 0.369 e. The summed E-state index contributed by atoms with van der Waals surface area (Å²) in [4.78, 5) is 15.5. The highest BCUT2D eigenvalue weighted by Gasteiger charge is 2.37. The van der Waals surface area contributed by atoms with Crippen molar-refractivity contribution in [3.8, 4) is 0 Å². The van der Waals surface area contributed by atoms with Gasteiger partial charge in [0.1, 0.15) is 11.8 Å². The summed E-state index contributed by atoms with van der Waals surface area (Å²) in [7, 11) is 0. The Bertz CT molecular complexity index is 526. The molecule has 0 unspecified atom stereocenters. The Morgan fingerprint density at radius 2 is 1.94 bits per heavy atom. The molecule has 84 valence electrons. The van der Waals surface area contributed by atoms with Gasteiger partial charge in [-0.05, 0) is 29.3 Å². The lowest BCUT2D eigenvalue weighted by Gasteiger charge is -2.23. The molecular weight excluding hydrogens is 212 g/mol. The highest BCUT2D eigenvalue weighted by molar-refractivity contribution is 5.79. The van der Waals surface area contributed by atoms with Gasteiger partial charge in [0.15, 0.2) is 0 Å². The Labute approximate surface area is 99.5 Å². The number of hydrogen-bond acceptors (Lipinski definition) is 3. The first-order chi connectivity index (χ1) is 8.34. The number of nitrogens with one attached hydrogen (secondary N) is 1. The number of para-hydroxylation sites is 1. The molecule has 0 saturated heterocycles. The summed E-state index contributed by atoms with van der Waals surface area (Å²) in [6.07, 6.45) is 5.11. The highest BCUT2D eigenvalue weighted by atomic mass is 16.1. The lowest BCUT2D eigenvalue weighted by molar-refractivity contribution is -0.111. The molecule has 3 nitrogen and oxygen atoms in total. The lowest BCUT2D eigenvalue weighted by atomic mass is 9.89. The average molecular weight is 224 g/mol. The van der Waals surface area contributed by atoms with Crippen molar-refractivity contribution in [3.05, 3.63) is 59.9 Å². The second-order valence-corrected chi connectivity index (χ2v) is 4.28. The summed E-state index contributed by atoms with van der Waals surface area (Å²) in [6.45, 7) is 0. The Kier molecular flexibility index (Phi) is 2.18. The van der Waals surface area contributed by atoms with Crippen LogP contribution in [0.3, 0.4) is 0 Å². The summed E-state index contributed by atoms with van der Waals surface area (Å²) in [6, 6.07) is 11.8. The van der Waals surface area contributed by atoms with Crippen molar-refractivity contribution in [2.45, 2.75) is 12.0 Å². The maximum atomic E-state index is 11.5. The zero-order valence-electron chi connectivity index (χ0n) is 9.26. The number of aldehydes is 1. The Morgan fingerprint density at radius 3 is 2.65 bits per heavy atom. The lowest BCUT2D eigenvalue weighted by Crippen LogP contribution is -2.34. The van der Waals surface area contributed by atoms with Crippen LogP contribution in [-0.2, 0) is 16.8 Å². The molecular formula is C14H12N2O. The van der Waals surface area contributed by atoms with Crippen LogP contribution in [0.1, 0.15) is 11.1 Å². The number of aromatic nitrogens is 1. The molecule has 0 fully saturated rings. The van der Waals surface area contributed by atoms with Crippen molar-refractivity contribution < 1.29 is 4.79 Å². The summed E-state index contributed by atoms with van der Waals surface area (Å²) in [5.74, 6) is 0. The smallest absolute Gasteiger partial charge is 0.150 e. The topological polar surface area (TPSA) is 42.0 Å². The Morgan fingerprint density at radius 1 is 1.18 bits per heavy atom. The van der Waals surface area contributed by atoms with Crippen LogP contribution in [0.5, 0.6) is 0 Å². The molecule has 1 N–H and O–H groups in total. The van der Waals surface area contributed by atoms with E-state index in [9.17, 15) is 4.79 Å². The predicted octanol–water partition coefficient (Wildman–Crippen LogP) is 2.14. The van der Waals surface area contributed by atoms with Gasteiger partial charge in [0.05, 0.1) is 0 Å². The molecule has 0 aliphatic carbocycles. The van der Waals surface area contributed by atoms with E-state index in [1.54, 1.807) is 12.4 Å². The summed E-state index contributed by atoms with van der Waals surface area (Å²) >= 11 is 0. The molecule has 1 atom stereocenters. The monoisotopic (exact) mass is 224 g/mol. The van der Waals surface area contributed by atoms with Gasteiger partial charge < -0.3 is 10.1 Å². The molecule has 17 heavy (non-hydrogen) atoms. The third-order valence-corrected chi connectivity index (χ3v) is 3.24. The summed E-state index contributed by atoms with van der Waals surface area (Å²) in [5.41, 5.74) is 2.54. The van der Waals surface area contributed by atoms with Crippen molar-refractivity contribution >= 4 is 12.0 Å². The van der Waals surface area contributed by atoms with E-state index in [1.807, 2.05) is 30.3 Å². The standard InChI is InChI=1S/C14H12N2O/c17-10-14(12-5-7-15-8-6-12)9-11-3-1-2-4-13(11)16-14/h1-8,10,16H,9H2/t14-/m0/s1. The van der Waals surface area contributed by atoms with Gasteiger partial charge in [-0.25, -0.2) is 0 Å². The fourth-order valence-corrected chi connectivity index (χ4v) is 2.34. The molecule has 2 heterocycles. The van der Waals surface area contributed by atoms with E-state index in [1.165, 1.54) is 5.56 Å². The zero-order chi connectivity index (χ0) is 11.7. The molecule has 1 aliphatic heterocycles. The van der Waals surface area contributed by atoms with E-state index in [2.05, 4.69) is 16.4 Å². The van der Waals surface area contributed by atoms with Crippen molar-refractivity contribution in [1.82, 2.24) is 4.98 Å². The van der Waals surface area contributed by atoms with E-state index in [4.69, 9.17) is 0 Å². The number of anilines is 1. The maximum Gasteiger partial charge on any atom is 0.150 e. The van der Waals surface area contributed by atoms with Gasteiger partial charge in [-0.3, -0.25) is 4.98 Å². The van der Waals surface area contributed by atoms with Crippen LogP contribution in [0.2, 0.25) is 0 Å². The van der Waals surface area contributed by atoms with E-state index in [0.717, 1.165) is 17.5 Å². The molecule has 0 saturated carbocycles. The number of pyridine rings is 1. The normalized spacial score (nSPS) is 21.6. The van der Waals surface area contributed by atoms with E-state index in [-0.39, 0.29) is 0 Å². The van der Waals surface area contributed by atoms with Crippen LogP contribution in [0.15, 0.2) is 48.8 Å². The number of benzene rings is 1. The summed E-state index contributed by atoms with van der Waals surface area (Å²) in [5, 5.41) is 3.32. The first-order valence-corrected chi connectivity index (χ1v) is 5.57. The Balaban J connectivity index is 2.06. The summed E-state index contributed by atoms with van der Waals surface area (Å²) < 4.78 is 0. The van der Waals surface area contributed by atoms with Crippen LogP contribution < -0.4 is 5.32 Å². The van der Waals surface area contributed by atoms with Gasteiger partial charge in [0.25, 0.3) is 0 Å². The number of carbonyl (C=O) groups excluding carboxylic acids is 1. The molecule has 3 heteroatoms. The highest BCUT2D eigenvalue weighted by Crippen LogP contribution is 2.37. The minimum Gasteiger partial charge on any atom is -0.369 e. The third kappa shape index (κ3) is 1.51. The minimum absolute atomic E-state index is 0.632. The first kappa shape index (κ1) is 10.0. The minimum atomic E-state index is -0.632. The third-order valence-electron chi connectivity index (χ3n) is 3.24. The fourth-order valence-electron chi connectivity index (χ4n) is 2.34. The van der Waals surface area contributed by atoms with Gasteiger partial charge in [-0.2, -0.15) is 0 Å². The van der Waals surface area contributed by atoms with Crippen LogP contribution in [-0.4, -0.2) is 11.3 Å². The molecule has 1 aliphatic rings. The second-order valence-electron chi connectivity index (χ2n) is 4.28. The van der Waals surface area contributed by atoms with Gasteiger partial charge in [0.2, 0.25) is 0 Å². The number of fused-ring (bicyclic) bond motifs is 1. The second kappa shape index (κ2) is 3.70. The number of carbonyl (C=O) groups is 1. The Hall–Kier alpha value is -2.16. The fraction of sp³-hybridized carbons (Fsp3) is 0.143. The molecule has 2 aromatic rings. The van der Waals surface area contributed by atoms with Crippen molar-refractivity contribution in [1.29, 1.82) is 0 Å². The van der Waals surface area contributed by atoms with Gasteiger partial charge >= 0.3 is 0 Å². The molecule has 1 aromatic carbocycles. The van der Waals surface area contributed by atoms with Gasteiger partial charge in [-0.15, -0.1) is 0 Å². The first-order valence-electron chi connectivity index (χ1n) is 5.57. The molecule has 3 rings (SSSR count). The van der Waals surface area contributed by atoms with Crippen LogP contribution in [0.4, 0.5) is 5.69 Å². The van der Waals surface area contributed by atoms with E-state index in [0.29, 0.717) is 6.42 Å². The van der Waals surface area contributed by atoms with E-state index >= 15 is 0 Å². The quantitative estimate of drug-likeness (QED) is 0.795.